The minimum Gasteiger partial charge on any atom is -0.272 e. The Kier molecular flexibility index (Phi) is 4.05. The third kappa shape index (κ3) is 2.86. The molecule has 0 saturated heterocycles. The third-order valence-electron chi connectivity index (χ3n) is 3.43. The minimum atomic E-state index is 0.0136. The Morgan fingerprint density at radius 3 is 2.81 bits per heavy atom. The summed E-state index contributed by atoms with van der Waals surface area (Å²) in [7, 11) is 0. The number of rotatable bonds is 2. The van der Waals surface area contributed by atoms with Crippen LogP contribution in [0, 0.1) is 20.8 Å². The highest BCUT2D eigenvalue weighted by atomic mass is 79.9. The lowest BCUT2D eigenvalue weighted by atomic mass is 10.1. The highest BCUT2D eigenvalue weighted by Crippen LogP contribution is 2.29. The molecule has 0 aromatic carbocycles. The predicted octanol–water partition coefficient (Wildman–Crippen LogP) is 3.25. The van der Waals surface area contributed by atoms with Crippen LogP contribution in [0.5, 0.6) is 0 Å². The molecule has 5 nitrogen and oxygen atoms in total. The topological polar surface area (TPSA) is 59.4 Å². The third-order valence-corrected chi connectivity index (χ3v) is 5.09. The van der Waals surface area contributed by atoms with Gasteiger partial charge in [-0.25, -0.2) is 5.48 Å². The smallest absolute Gasteiger partial charge is 0.156 e. The van der Waals surface area contributed by atoms with E-state index in [0.717, 1.165) is 16.8 Å². The first-order chi connectivity index (χ1) is 10.1. The molecule has 0 saturated carbocycles. The molecule has 3 heterocycles. The van der Waals surface area contributed by atoms with E-state index in [-0.39, 0.29) is 6.04 Å². The summed E-state index contributed by atoms with van der Waals surface area (Å²) in [5, 5.41) is 8.21. The van der Waals surface area contributed by atoms with Crippen LogP contribution < -0.4 is 5.48 Å². The Bertz CT molecular complexity index is 713. The van der Waals surface area contributed by atoms with E-state index in [4.69, 9.17) is 9.83 Å². The van der Waals surface area contributed by atoms with Gasteiger partial charge in [-0.1, -0.05) is 0 Å². The van der Waals surface area contributed by atoms with Crippen molar-refractivity contribution in [2.75, 3.05) is 6.61 Å². The summed E-state index contributed by atoms with van der Waals surface area (Å²) in [5.41, 5.74) is 5.73. The molecule has 0 amide bonds. The number of nitrogens with one attached hydrogen (secondary N) is 1. The number of amidine groups is 1. The molecule has 2 aromatic heterocycles. The zero-order chi connectivity index (χ0) is 15.0. The van der Waals surface area contributed by atoms with Crippen LogP contribution in [-0.4, -0.2) is 22.6 Å². The molecule has 0 spiro atoms. The molecular weight excluding hydrogens is 352 g/mol. The van der Waals surface area contributed by atoms with E-state index in [0.29, 0.717) is 17.0 Å². The van der Waals surface area contributed by atoms with Crippen LogP contribution in [0.15, 0.2) is 21.7 Å². The largest absolute Gasteiger partial charge is 0.272 e. The molecule has 7 heteroatoms. The van der Waals surface area contributed by atoms with Crippen LogP contribution >= 0.6 is 27.3 Å². The Labute approximate surface area is 135 Å². The average molecular weight is 367 g/mol. The number of hydrogen-bond acceptors (Lipinski definition) is 6. The molecule has 21 heavy (non-hydrogen) atoms. The lowest BCUT2D eigenvalue weighted by molar-refractivity contribution is 0.0628. The molecule has 3 rings (SSSR count). The number of thiophene rings is 1. The molecule has 0 fully saturated rings. The standard InChI is InChI=1S/C14H15BrN4OS/c1-7-4-5-11(21-7)10-6-20-19-14(16-10)12-8(2)9(3)17-18-13(12)15/h4-5,10H,6H2,1-3H3,(H,16,19)/t10-/m1/s1. The molecule has 1 aliphatic rings. The van der Waals surface area contributed by atoms with Crippen molar-refractivity contribution in [1.29, 1.82) is 0 Å². The van der Waals surface area contributed by atoms with E-state index in [2.05, 4.69) is 50.7 Å². The first kappa shape index (κ1) is 14.6. The second kappa shape index (κ2) is 5.82. The summed E-state index contributed by atoms with van der Waals surface area (Å²) < 4.78 is 0.670. The average Bonchev–Trinajstić information content (AvgIpc) is 2.90. The SMILES string of the molecule is Cc1ccc([C@H]2CONC(c3c(Br)nnc(C)c3C)=N2)s1. The Morgan fingerprint density at radius 2 is 2.10 bits per heavy atom. The summed E-state index contributed by atoms with van der Waals surface area (Å²) in [4.78, 5) is 12.8. The van der Waals surface area contributed by atoms with Crippen molar-refractivity contribution in [1.82, 2.24) is 15.7 Å². The van der Waals surface area contributed by atoms with Gasteiger partial charge in [0.2, 0.25) is 0 Å². The first-order valence-corrected chi connectivity index (χ1v) is 8.19. The molecular formula is C14H15BrN4OS. The quantitative estimate of drug-likeness (QED) is 0.885. The van der Waals surface area contributed by atoms with Gasteiger partial charge in [-0.15, -0.1) is 16.4 Å². The molecule has 0 radical (unpaired) electrons. The van der Waals surface area contributed by atoms with E-state index in [9.17, 15) is 0 Å². The number of hydrogen-bond donors (Lipinski definition) is 1. The van der Waals surface area contributed by atoms with Crippen molar-refractivity contribution in [2.24, 2.45) is 4.99 Å². The van der Waals surface area contributed by atoms with Crippen molar-refractivity contribution in [3.8, 4) is 0 Å². The van der Waals surface area contributed by atoms with Crippen LogP contribution in [0.4, 0.5) is 0 Å². The lowest BCUT2D eigenvalue weighted by Gasteiger charge is -2.22. The van der Waals surface area contributed by atoms with Gasteiger partial charge in [0.15, 0.2) is 5.84 Å². The Hall–Kier alpha value is -1.31. The maximum Gasteiger partial charge on any atom is 0.156 e. The van der Waals surface area contributed by atoms with E-state index in [1.165, 1.54) is 9.75 Å². The Morgan fingerprint density at radius 1 is 1.29 bits per heavy atom. The van der Waals surface area contributed by atoms with Crippen molar-refractivity contribution in [3.63, 3.8) is 0 Å². The molecule has 1 N–H and O–H groups in total. The summed E-state index contributed by atoms with van der Waals surface area (Å²) in [6.45, 7) is 6.56. The fraction of sp³-hybridized carbons (Fsp3) is 0.357. The number of hydroxylamine groups is 1. The van der Waals surface area contributed by atoms with Gasteiger partial charge in [0.05, 0.1) is 11.3 Å². The number of aromatic nitrogens is 2. The van der Waals surface area contributed by atoms with Crippen LogP contribution in [0.3, 0.4) is 0 Å². The zero-order valence-corrected chi connectivity index (χ0v) is 14.4. The van der Waals surface area contributed by atoms with Crippen LogP contribution in [0.25, 0.3) is 0 Å². The fourth-order valence-corrected chi connectivity index (χ4v) is 3.62. The summed E-state index contributed by atoms with van der Waals surface area (Å²) in [6, 6.07) is 4.23. The molecule has 110 valence electrons. The maximum absolute atomic E-state index is 5.52. The van der Waals surface area contributed by atoms with E-state index < -0.39 is 0 Å². The molecule has 0 aliphatic carbocycles. The van der Waals surface area contributed by atoms with E-state index >= 15 is 0 Å². The van der Waals surface area contributed by atoms with Gasteiger partial charge >= 0.3 is 0 Å². The normalized spacial score (nSPS) is 18.3. The van der Waals surface area contributed by atoms with Gasteiger partial charge in [0.25, 0.3) is 0 Å². The minimum absolute atomic E-state index is 0.0136. The highest BCUT2D eigenvalue weighted by Gasteiger charge is 2.23. The number of nitrogens with zero attached hydrogens (tertiary/aromatic N) is 3. The van der Waals surface area contributed by atoms with Gasteiger partial charge in [-0.3, -0.25) is 9.83 Å². The van der Waals surface area contributed by atoms with E-state index in [1.807, 2.05) is 13.8 Å². The van der Waals surface area contributed by atoms with Crippen molar-refractivity contribution in [2.45, 2.75) is 26.8 Å². The summed E-state index contributed by atoms with van der Waals surface area (Å²) in [5.74, 6) is 0.694. The van der Waals surface area contributed by atoms with Crippen LogP contribution in [-0.2, 0) is 4.84 Å². The molecule has 0 unspecified atom stereocenters. The molecule has 0 bridgehead atoms. The van der Waals surface area contributed by atoms with Crippen molar-refractivity contribution in [3.05, 3.63) is 43.3 Å². The fourth-order valence-electron chi connectivity index (χ4n) is 2.16. The predicted molar refractivity (Wildman–Crippen MR) is 86.6 cm³/mol. The van der Waals surface area contributed by atoms with E-state index in [1.54, 1.807) is 11.3 Å². The number of halogens is 1. The van der Waals surface area contributed by atoms with Gasteiger partial charge in [0, 0.05) is 9.75 Å². The summed E-state index contributed by atoms with van der Waals surface area (Å²) in [6.07, 6.45) is 0. The van der Waals surface area contributed by atoms with Crippen LogP contribution in [0.1, 0.15) is 32.6 Å². The lowest BCUT2D eigenvalue weighted by Crippen LogP contribution is -2.33. The molecule has 2 aromatic rings. The second-order valence-electron chi connectivity index (χ2n) is 4.93. The summed E-state index contributed by atoms with van der Waals surface area (Å²) >= 11 is 5.20. The number of aliphatic imine (C=N–C) groups is 1. The van der Waals surface area contributed by atoms with Crippen molar-refractivity contribution >= 4 is 33.1 Å². The van der Waals surface area contributed by atoms with Gasteiger partial charge in [-0.05, 0) is 54.4 Å². The monoisotopic (exact) mass is 366 g/mol. The van der Waals surface area contributed by atoms with Crippen molar-refractivity contribution < 1.29 is 4.84 Å². The van der Waals surface area contributed by atoms with Gasteiger partial charge < -0.3 is 0 Å². The maximum atomic E-state index is 5.52. The first-order valence-electron chi connectivity index (χ1n) is 6.58. The molecule has 1 aliphatic heterocycles. The van der Waals surface area contributed by atoms with Crippen LogP contribution in [0.2, 0.25) is 0 Å². The number of aryl methyl sites for hydroxylation is 2. The van der Waals surface area contributed by atoms with Gasteiger partial charge in [-0.2, -0.15) is 5.10 Å². The van der Waals surface area contributed by atoms with Gasteiger partial charge in [0.1, 0.15) is 17.3 Å². The highest BCUT2D eigenvalue weighted by molar-refractivity contribution is 9.10. The molecule has 1 atom stereocenters. The second-order valence-corrected chi connectivity index (χ2v) is 7.00. The zero-order valence-electron chi connectivity index (χ0n) is 12.0. The Balaban J connectivity index is 2.02.